The first-order valence-corrected chi connectivity index (χ1v) is 17.7. The standard InChI is InChI=1S/C19H27N3O3.C18H25N3O4/c1-14(2)24-19-7-5-4-6-18(19)22-10-8-21(9-11-22)13-16-12-17(15(3)23)20-25-16;1-13(2)24-17-6-4-3-5-16(17)21-9-7-20(8-10-21)12-14-11-15(18(22)23)19-25-14/h4-7,14,16H,8-13H2,1-3H3;3-6,13-14H,7-12H2,1-2H3,(H,22,23). The van der Waals surface area contributed by atoms with Crippen molar-refractivity contribution in [1.82, 2.24) is 9.80 Å². The Morgan fingerprint density at radius 1 is 0.700 bits per heavy atom. The Labute approximate surface area is 295 Å². The van der Waals surface area contributed by atoms with Crippen LogP contribution in [-0.4, -0.2) is 128 Å². The smallest absolute Gasteiger partial charge is 0.353 e. The molecular formula is C37H52N6O7. The molecule has 0 saturated carbocycles. The van der Waals surface area contributed by atoms with Crippen LogP contribution in [0.1, 0.15) is 47.5 Å². The number of ether oxygens (including phenoxy) is 2. The van der Waals surface area contributed by atoms with Crippen LogP contribution in [0.25, 0.3) is 0 Å². The Bertz CT molecular complexity index is 1390. The van der Waals surface area contributed by atoms with Gasteiger partial charge >= 0.3 is 5.97 Å². The molecule has 0 aliphatic carbocycles. The molecule has 2 atom stereocenters. The van der Waals surface area contributed by atoms with E-state index in [-0.39, 0.29) is 35.9 Å². The monoisotopic (exact) mass is 692 g/mol. The second kappa shape index (κ2) is 17.5. The number of Topliss-reactive ketones (excluding diaryl/α,β-unsaturated/α-hetero) is 1. The third-order valence-corrected chi connectivity index (χ3v) is 8.92. The predicted molar refractivity (Wildman–Crippen MR) is 194 cm³/mol. The van der Waals surface area contributed by atoms with E-state index in [1.807, 2.05) is 58.0 Å². The second-order valence-electron chi connectivity index (χ2n) is 13.6. The van der Waals surface area contributed by atoms with Crippen molar-refractivity contribution < 1.29 is 33.8 Å². The number of carboxylic acid groups (broad SMARTS) is 1. The van der Waals surface area contributed by atoms with Crippen molar-refractivity contribution in [2.45, 2.75) is 71.9 Å². The Kier molecular flexibility index (Phi) is 12.9. The van der Waals surface area contributed by atoms with Crippen LogP contribution in [-0.2, 0) is 19.3 Å². The fourth-order valence-electron chi connectivity index (χ4n) is 6.45. The minimum atomic E-state index is -0.992. The topological polar surface area (TPSA) is 129 Å². The quantitative estimate of drug-likeness (QED) is 0.345. The van der Waals surface area contributed by atoms with E-state index in [1.165, 1.54) is 0 Å². The van der Waals surface area contributed by atoms with E-state index in [0.29, 0.717) is 25.1 Å². The molecule has 50 heavy (non-hydrogen) atoms. The van der Waals surface area contributed by atoms with Crippen molar-refractivity contribution in [2.75, 3.05) is 75.2 Å². The molecule has 2 unspecified atom stereocenters. The molecule has 0 bridgehead atoms. The zero-order chi connectivity index (χ0) is 35.6. The lowest BCUT2D eigenvalue weighted by molar-refractivity contribution is -0.129. The molecule has 6 rings (SSSR count). The Hall–Kier alpha value is -4.36. The van der Waals surface area contributed by atoms with Crippen LogP contribution < -0.4 is 19.3 Å². The third-order valence-electron chi connectivity index (χ3n) is 8.92. The fraction of sp³-hybridized carbons (Fsp3) is 0.568. The van der Waals surface area contributed by atoms with Crippen molar-refractivity contribution in [3.63, 3.8) is 0 Å². The van der Waals surface area contributed by atoms with Crippen LogP contribution in [0.15, 0.2) is 58.8 Å². The number of piperazine rings is 2. The van der Waals surface area contributed by atoms with E-state index in [0.717, 1.165) is 81.8 Å². The molecule has 0 radical (unpaired) electrons. The predicted octanol–water partition coefficient (Wildman–Crippen LogP) is 4.16. The molecule has 0 spiro atoms. The lowest BCUT2D eigenvalue weighted by Crippen LogP contribution is -2.48. The van der Waals surface area contributed by atoms with Gasteiger partial charge < -0.3 is 34.1 Å². The number of carbonyl (C=O) groups is 2. The third kappa shape index (κ3) is 10.3. The SMILES string of the molecule is CC(=O)C1=NOC(CN2CCN(c3ccccc3OC(C)C)CC2)C1.CC(C)Oc1ccccc1N1CCN(CC2CC(C(=O)O)=NO2)CC1. The average molecular weight is 693 g/mol. The lowest BCUT2D eigenvalue weighted by atomic mass is 10.1. The first-order chi connectivity index (χ1) is 24.0. The summed E-state index contributed by atoms with van der Waals surface area (Å²) in [5.74, 6) is 0.886. The van der Waals surface area contributed by atoms with Crippen molar-refractivity contribution in [3.8, 4) is 11.5 Å². The van der Waals surface area contributed by atoms with Gasteiger partial charge in [0.15, 0.2) is 11.5 Å². The number of ketones is 1. The van der Waals surface area contributed by atoms with Gasteiger partial charge in [-0.05, 0) is 52.0 Å². The van der Waals surface area contributed by atoms with E-state index in [9.17, 15) is 9.59 Å². The summed E-state index contributed by atoms with van der Waals surface area (Å²) in [5.41, 5.74) is 2.96. The zero-order valence-electron chi connectivity index (χ0n) is 30.0. The first kappa shape index (κ1) is 36.9. The first-order valence-electron chi connectivity index (χ1n) is 17.7. The minimum Gasteiger partial charge on any atom is -0.489 e. The molecule has 1 N–H and O–H groups in total. The Morgan fingerprint density at radius 3 is 1.46 bits per heavy atom. The number of benzene rings is 2. The van der Waals surface area contributed by atoms with Gasteiger partial charge in [-0.2, -0.15) is 0 Å². The van der Waals surface area contributed by atoms with E-state index in [1.54, 1.807) is 6.92 Å². The van der Waals surface area contributed by atoms with E-state index >= 15 is 0 Å². The zero-order valence-corrected chi connectivity index (χ0v) is 30.0. The molecule has 2 aromatic rings. The molecule has 4 aliphatic rings. The maximum absolute atomic E-state index is 11.3. The van der Waals surface area contributed by atoms with Gasteiger partial charge in [0.05, 0.1) is 23.6 Å². The van der Waals surface area contributed by atoms with Crippen LogP contribution in [0, 0.1) is 0 Å². The Balaban J connectivity index is 0.000000194. The number of hydrogen-bond donors (Lipinski definition) is 1. The van der Waals surface area contributed by atoms with Gasteiger partial charge in [0.1, 0.15) is 29.4 Å². The molecule has 2 saturated heterocycles. The van der Waals surface area contributed by atoms with E-state index in [2.05, 4.69) is 48.1 Å². The summed E-state index contributed by atoms with van der Waals surface area (Å²) in [6, 6.07) is 16.4. The van der Waals surface area contributed by atoms with Gasteiger partial charge in [-0.15, -0.1) is 0 Å². The summed E-state index contributed by atoms with van der Waals surface area (Å²) in [5, 5.41) is 16.5. The Morgan fingerprint density at radius 2 is 1.10 bits per heavy atom. The summed E-state index contributed by atoms with van der Waals surface area (Å²) in [6.07, 6.45) is 1.15. The summed E-state index contributed by atoms with van der Waals surface area (Å²) in [6.45, 7) is 18.7. The maximum atomic E-state index is 11.3. The highest BCUT2D eigenvalue weighted by Gasteiger charge is 2.30. The number of hydrogen-bond acceptors (Lipinski definition) is 12. The number of rotatable bonds is 12. The number of aliphatic carboxylic acids is 1. The van der Waals surface area contributed by atoms with Crippen LogP contribution in [0.2, 0.25) is 0 Å². The molecule has 0 aromatic heterocycles. The molecule has 4 heterocycles. The summed E-state index contributed by atoms with van der Waals surface area (Å²) < 4.78 is 11.9. The van der Waals surface area contributed by atoms with Gasteiger partial charge in [0.25, 0.3) is 0 Å². The van der Waals surface area contributed by atoms with Crippen LogP contribution in [0.5, 0.6) is 11.5 Å². The molecule has 2 aromatic carbocycles. The van der Waals surface area contributed by atoms with Crippen molar-refractivity contribution in [2.24, 2.45) is 10.3 Å². The average Bonchev–Trinajstić information content (AvgIpc) is 3.77. The molecule has 4 aliphatic heterocycles. The molecule has 0 amide bonds. The summed E-state index contributed by atoms with van der Waals surface area (Å²) >= 11 is 0. The van der Waals surface area contributed by atoms with Gasteiger partial charge in [0.2, 0.25) is 0 Å². The number of carboxylic acids is 1. The number of para-hydroxylation sites is 4. The van der Waals surface area contributed by atoms with Crippen LogP contribution >= 0.6 is 0 Å². The van der Waals surface area contributed by atoms with Gasteiger partial charge in [-0.3, -0.25) is 14.6 Å². The highest BCUT2D eigenvalue weighted by molar-refractivity contribution is 6.39. The van der Waals surface area contributed by atoms with Crippen molar-refractivity contribution in [1.29, 1.82) is 0 Å². The number of nitrogens with zero attached hydrogens (tertiary/aromatic N) is 6. The molecule has 2 fully saturated rings. The lowest BCUT2D eigenvalue weighted by Gasteiger charge is -2.37. The highest BCUT2D eigenvalue weighted by Crippen LogP contribution is 2.31. The maximum Gasteiger partial charge on any atom is 0.353 e. The largest absolute Gasteiger partial charge is 0.489 e. The number of anilines is 2. The number of oxime groups is 2. The van der Waals surface area contributed by atoms with Crippen molar-refractivity contribution >= 4 is 34.6 Å². The van der Waals surface area contributed by atoms with E-state index < -0.39 is 5.97 Å². The fourth-order valence-corrected chi connectivity index (χ4v) is 6.45. The van der Waals surface area contributed by atoms with E-state index in [4.69, 9.17) is 24.3 Å². The molecule has 272 valence electrons. The van der Waals surface area contributed by atoms with Crippen molar-refractivity contribution in [3.05, 3.63) is 48.5 Å². The summed E-state index contributed by atoms with van der Waals surface area (Å²) in [4.78, 5) is 42.3. The normalized spacial score (nSPS) is 21.2. The van der Waals surface area contributed by atoms with Gasteiger partial charge in [0, 0.05) is 85.2 Å². The van der Waals surface area contributed by atoms with Gasteiger partial charge in [-0.25, -0.2) is 4.79 Å². The minimum absolute atomic E-state index is 0.00186. The summed E-state index contributed by atoms with van der Waals surface area (Å²) in [7, 11) is 0. The molecule has 13 heteroatoms. The highest BCUT2D eigenvalue weighted by atomic mass is 16.6. The molecule has 13 nitrogen and oxygen atoms in total. The van der Waals surface area contributed by atoms with Gasteiger partial charge in [-0.1, -0.05) is 34.6 Å². The second-order valence-corrected chi connectivity index (χ2v) is 13.6. The van der Waals surface area contributed by atoms with Crippen LogP contribution in [0.3, 0.4) is 0 Å². The van der Waals surface area contributed by atoms with Crippen LogP contribution in [0.4, 0.5) is 11.4 Å². The number of carbonyl (C=O) groups excluding carboxylic acids is 1. The molecular weight excluding hydrogens is 640 g/mol.